The SMILES string of the molecule is CC(O)CN(C)C(=O)NCc1ccc(O)cc1. The quantitative estimate of drug-likeness (QED) is 0.730. The Morgan fingerprint density at radius 3 is 2.53 bits per heavy atom. The number of hydrogen-bond acceptors (Lipinski definition) is 3. The van der Waals surface area contributed by atoms with Crippen molar-refractivity contribution in [3.8, 4) is 5.75 Å². The molecule has 2 amide bonds. The fourth-order valence-corrected chi connectivity index (χ4v) is 1.41. The highest BCUT2D eigenvalue weighted by molar-refractivity contribution is 5.73. The molecule has 0 saturated carbocycles. The molecule has 94 valence electrons. The molecule has 0 fully saturated rings. The summed E-state index contributed by atoms with van der Waals surface area (Å²) in [4.78, 5) is 13.0. The van der Waals surface area contributed by atoms with Crippen LogP contribution in [0.1, 0.15) is 12.5 Å². The molecular formula is C12H18N2O3. The Morgan fingerprint density at radius 1 is 1.41 bits per heavy atom. The highest BCUT2D eigenvalue weighted by Crippen LogP contribution is 2.09. The Labute approximate surface area is 101 Å². The first kappa shape index (κ1) is 13.3. The Balaban J connectivity index is 2.40. The zero-order valence-electron chi connectivity index (χ0n) is 10.1. The van der Waals surface area contributed by atoms with Crippen molar-refractivity contribution in [2.45, 2.75) is 19.6 Å². The van der Waals surface area contributed by atoms with Crippen LogP contribution >= 0.6 is 0 Å². The van der Waals surface area contributed by atoms with Crippen molar-refractivity contribution < 1.29 is 15.0 Å². The van der Waals surface area contributed by atoms with Gasteiger partial charge >= 0.3 is 6.03 Å². The lowest BCUT2D eigenvalue weighted by atomic mass is 10.2. The number of urea groups is 1. The molecule has 0 aromatic heterocycles. The number of aromatic hydroxyl groups is 1. The fraction of sp³-hybridized carbons (Fsp3) is 0.417. The van der Waals surface area contributed by atoms with E-state index in [2.05, 4.69) is 5.32 Å². The van der Waals surface area contributed by atoms with Crippen LogP contribution in [0.15, 0.2) is 24.3 Å². The summed E-state index contributed by atoms with van der Waals surface area (Å²) < 4.78 is 0. The third-order valence-corrected chi connectivity index (χ3v) is 2.26. The molecule has 0 aliphatic carbocycles. The first-order valence-corrected chi connectivity index (χ1v) is 5.44. The van der Waals surface area contributed by atoms with E-state index in [9.17, 15) is 4.79 Å². The summed E-state index contributed by atoms with van der Waals surface area (Å²) in [6, 6.07) is 6.38. The minimum atomic E-state index is -0.542. The van der Waals surface area contributed by atoms with E-state index < -0.39 is 6.10 Å². The summed E-state index contributed by atoms with van der Waals surface area (Å²) in [7, 11) is 1.62. The van der Waals surface area contributed by atoms with E-state index in [0.29, 0.717) is 13.1 Å². The van der Waals surface area contributed by atoms with Crippen molar-refractivity contribution in [3.63, 3.8) is 0 Å². The van der Waals surface area contributed by atoms with Gasteiger partial charge in [-0.25, -0.2) is 4.79 Å². The molecule has 0 heterocycles. The van der Waals surface area contributed by atoms with Crippen LogP contribution in [0.5, 0.6) is 5.75 Å². The molecule has 1 aromatic carbocycles. The van der Waals surface area contributed by atoms with Crippen LogP contribution in [-0.2, 0) is 6.54 Å². The van der Waals surface area contributed by atoms with Crippen molar-refractivity contribution in [2.75, 3.05) is 13.6 Å². The topological polar surface area (TPSA) is 72.8 Å². The number of rotatable bonds is 4. The Kier molecular flexibility index (Phi) is 4.78. The standard InChI is InChI=1S/C12H18N2O3/c1-9(15)8-14(2)12(17)13-7-10-3-5-11(16)6-4-10/h3-6,9,15-16H,7-8H2,1-2H3,(H,13,17). The van der Waals surface area contributed by atoms with Crippen LogP contribution in [0.3, 0.4) is 0 Å². The molecule has 0 bridgehead atoms. The molecule has 1 aromatic rings. The third-order valence-electron chi connectivity index (χ3n) is 2.26. The molecule has 1 unspecified atom stereocenters. The predicted octanol–water partition coefficient (Wildman–Crippen LogP) is 0.914. The minimum Gasteiger partial charge on any atom is -0.508 e. The molecule has 5 heteroatoms. The zero-order valence-corrected chi connectivity index (χ0v) is 10.1. The summed E-state index contributed by atoms with van der Waals surface area (Å²) in [5.41, 5.74) is 0.904. The highest BCUT2D eigenvalue weighted by Gasteiger charge is 2.09. The number of carbonyl (C=O) groups is 1. The lowest BCUT2D eigenvalue weighted by molar-refractivity contribution is 0.143. The summed E-state index contributed by atoms with van der Waals surface area (Å²) >= 11 is 0. The minimum absolute atomic E-state index is 0.200. The van der Waals surface area contributed by atoms with Gasteiger partial charge in [0.25, 0.3) is 0 Å². The van der Waals surface area contributed by atoms with Gasteiger partial charge in [0.05, 0.1) is 6.10 Å². The fourth-order valence-electron chi connectivity index (χ4n) is 1.41. The zero-order chi connectivity index (χ0) is 12.8. The molecule has 3 N–H and O–H groups in total. The van der Waals surface area contributed by atoms with Gasteiger partial charge in [-0.05, 0) is 24.6 Å². The third kappa shape index (κ3) is 4.74. The second kappa shape index (κ2) is 6.10. The smallest absolute Gasteiger partial charge is 0.317 e. The number of aliphatic hydroxyl groups is 1. The number of aliphatic hydroxyl groups excluding tert-OH is 1. The Morgan fingerprint density at radius 2 is 2.00 bits per heavy atom. The van der Waals surface area contributed by atoms with E-state index in [1.807, 2.05) is 0 Å². The molecule has 0 aliphatic rings. The monoisotopic (exact) mass is 238 g/mol. The van der Waals surface area contributed by atoms with Crippen LogP contribution in [-0.4, -0.2) is 40.8 Å². The van der Waals surface area contributed by atoms with E-state index in [-0.39, 0.29) is 11.8 Å². The first-order valence-electron chi connectivity index (χ1n) is 5.44. The number of amides is 2. The number of phenolic OH excluding ortho intramolecular Hbond substituents is 1. The number of likely N-dealkylation sites (N-methyl/N-ethyl adjacent to an activating group) is 1. The number of carbonyl (C=O) groups excluding carboxylic acids is 1. The maximum atomic E-state index is 11.6. The van der Waals surface area contributed by atoms with Gasteiger partial charge in [0.15, 0.2) is 0 Å². The normalized spacial score (nSPS) is 11.9. The highest BCUT2D eigenvalue weighted by atomic mass is 16.3. The van der Waals surface area contributed by atoms with Gasteiger partial charge in [-0.3, -0.25) is 0 Å². The van der Waals surface area contributed by atoms with Crippen molar-refractivity contribution in [3.05, 3.63) is 29.8 Å². The molecule has 0 aliphatic heterocycles. The molecular weight excluding hydrogens is 220 g/mol. The summed E-state index contributed by atoms with van der Waals surface area (Å²) in [5.74, 6) is 0.200. The number of phenols is 1. The van der Waals surface area contributed by atoms with Crippen LogP contribution in [0.25, 0.3) is 0 Å². The van der Waals surface area contributed by atoms with Gasteiger partial charge in [0.2, 0.25) is 0 Å². The molecule has 17 heavy (non-hydrogen) atoms. The number of benzene rings is 1. The van der Waals surface area contributed by atoms with Crippen molar-refractivity contribution in [2.24, 2.45) is 0 Å². The van der Waals surface area contributed by atoms with Gasteiger partial charge in [0, 0.05) is 20.1 Å². The van der Waals surface area contributed by atoms with Gasteiger partial charge in [-0.2, -0.15) is 0 Å². The summed E-state index contributed by atoms with van der Waals surface area (Å²) in [6.07, 6.45) is -0.542. The molecule has 0 spiro atoms. The van der Waals surface area contributed by atoms with Crippen LogP contribution in [0.2, 0.25) is 0 Å². The van der Waals surface area contributed by atoms with E-state index in [1.165, 1.54) is 4.90 Å². The van der Waals surface area contributed by atoms with Gasteiger partial charge in [0.1, 0.15) is 5.75 Å². The average Bonchev–Trinajstić information content (AvgIpc) is 2.27. The average molecular weight is 238 g/mol. The lowest BCUT2D eigenvalue weighted by Gasteiger charge is -2.19. The first-order chi connectivity index (χ1) is 7.99. The second-order valence-electron chi connectivity index (χ2n) is 4.05. The maximum Gasteiger partial charge on any atom is 0.317 e. The van der Waals surface area contributed by atoms with E-state index in [4.69, 9.17) is 10.2 Å². The van der Waals surface area contributed by atoms with Gasteiger partial charge in [-0.1, -0.05) is 12.1 Å². The molecule has 1 atom stereocenters. The van der Waals surface area contributed by atoms with Crippen molar-refractivity contribution in [1.82, 2.24) is 10.2 Å². The van der Waals surface area contributed by atoms with Gasteiger partial charge < -0.3 is 20.4 Å². The van der Waals surface area contributed by atoms with E-state index in [0.717, 1.165) is 5.56 Å². The Hall–Kier alpha value is -1.75. The Bertz CT molecular complexity index is 363. The van der Waals surface area contributed by atoms with Crippen LogP contribution in [0, 0.1) is 0 Å². The summed E-state index contributed by atoms with van der Waals surface area (Å²) in [5, 5.41) is 21.0. The number of hydrogen-bond donors (Lipinski definition) is 3. The lowest BCUT2D eigenvalue weighted by Crippen LogP contribution is -2.40. The predicted molar refractivity (Wildman–Crippen MR) is 64.7 cm³/mol. The molecule has 1 rings (SSSR count). The number of nitrogens with one attached hydrogen (secondary N) is 1. The van der Waals surface area contributed by atoms with E-state index >= 15 is 0 Å². The van der Waals surface area contributed by atoms with Crippen molar-refractivity contribution >= 4 is 6.03 Å². The van der Waals surface area contributed by atoms with Crippen LogP contribution < -0.4 is 5.32 Å². The summed E-state index contributed by atoms with van der Waals surface area (Å²) in [6.45, 7) is 2.31. The molecule has 5 nitrogen and oxygen atoms in total. The molecule has 0 radical (unpaired) electrons. The largest absolute Gasteiger partial charge is 0.508 e. The number of nitrogens with zero attached hydrogens (tertiary/aromatic N) is 1. The maximum absolute atomic E-state index is 11.6. The van der Waals surface area contributed by atoms with Gasteiger partial charge in [-0.15, -0.1) is 0 Å². The molecule has 0 saturated heterocycles. The second-order valence-corrected chi connectivity index (χ2v) is 4.05. The van der Waals surface area contributed by atoms with Crippen LogP contribution in [0.4, 0.5) is 4.79 Å². The van der Waals surface area contributed by atoms with Crippen molar-refractivity contribution in [1.29, 1.82) is 0 Å². The van der Waals surface area contributed by atoms with E-state index in [1.54, 1.807) is 38.2 Å².